The number of benzene rings is 9. The fourth-order valence-corrected chi connectivity index (χ4v) is 8.53. The molecule has 0 amide bonds. The molecule has 2 aromatic heterocycles. The summed E-state index contributed by atoms with van der Waals surface area (Å²) in [7, 11) is 0. The number of hydrogen-bond donors (Lipinski definition) is 0. The number of fused-ring (bicyclic) bond motifs is 7. The third-order valence-electron chi connectivity index (χ3n) is 11.1. The van der Waals surface area contributed by atoms with Crippen LogP contribution in [0.5, 0.6) is 0 Å². The van der Waals surface area contributed by atoms with E-state index in [1.807, 2.05) is 24.5 Å². The van der Waals surface area contributed by atoms with E-state index in [4.69, 9.17) is 4.98 Å². The van der Waals surface area contributed by atoms with Crippen LogP contribution in [-0.4, -0.2) is 9.97 Å². The molecule has 0 radical (unpaired) electrons. The van der Waals surface area contributed by atoms with Crippen LogP contribution >= 0.6 is 0 Å². The Bertz CT molecular complexity index is 3130. The molecule has 0 aliphatic carbocycles. The molecule has 0 spiro atoms. The van der Waals surface area contributed by atoms with Crippen LogP contribution in [0.25, 0.3) is 109 Å². The average Bonchev–Trinajstić information content (AvgIpc) is 3.24. The van der Waals surface area contributed by atoms with E-state index < -0.39 is 0 Å². The average molecular weight is 685 g/mol. The third-order valence-corrected chi connectivity index (χ3v) is 11.1. The summed E-state index contributed by atoms with van der Waals surface area (Å²) in [5, 5.41) is 12.1. The third kappa shape index (κ3) is 4.88. The largest absolute Gasteiger partial charge is 0.254 e. The Hall–Kier alpha value is -7.16. The van der Waals surface area contributed by atoms with Gasteiger partial charge in [-0.3, -0.25) is 9.97 Å². The van der Waals surface area contributed by atoms with Gasteiger partial charge in [0.15, 0.2) is 0 Å². The minimum Gasteiger partial charge on any atom is -0.254 e. The number of pyridine rings is 2. The van der Waals surface area contributed by atoms with E-state index in [1.165, 1.54) is 76.5 Å². The van der Waals surface area contributed by atoms with Gasteiger partial charge >= 0.3 is 0 Å². The van der Waals surface area contributed by atoms with Gasteiger partial charge < -0.3 is 0 Å². The second-order valence-electron chi connectivity index (χ2n) is 14.2. The van der Waals surface area contributed by atoms with Gasteiger partial charge in [0, 0.05) is 23.2 Å². The van der Waals surface area contributed by atoms with E-state index in [-0.39, 0.29) is 0 Å². The van der Waals surface area contributed by atoms with Crippen LogP contribution in [0.15, 0.2) is 194 Å². The molecule has 11 aromatic rings. The maximum Gasteiger partial charge on any atom is 0.0970 e. The van der Waals surface area contributed by atoms with Crippen molar-refractivity contribution in [3.8, 4) is 44.5 Å². The lowest BCUT2D eigenvalue weighted by Gasteiger charge is -2.18. The number of nitrogens with zero attached hydrogens (tertiary/aromatic N) is 2. The van der Waals surface area contributed by atoms with Crippen LogP contribution in [0.2, 0.25) is 0 Å². The Labute approximate surface area is 312 Å². The minimum atomic E-state index is 0.928. The van der Waals surface area contributed by atoms with Crippen molar-refractivity contribution in [3.05, 3.63) is 194 Å². The Morgan fingerprint density at radius 1 is 0.259 bits per heavy atom. The van der Waals surface area contributed by atoms with Crippen LogP contribution < -0.4 is 0 Å². The number of hydrogen-bond acceptors (Lipinski definition) is 2. The summed E-state index contributed by atoms with van der Waals surface area (Å²) in [5.74, 6) is 0. The molecule has 0 unspecified atom stereocenters. The van der Waals surface area contributed by atoms with Gasteiger partial charge in [0.1, 0.15) is 0 Å². The highest BCUT2D eigenvalue weighted by Crippen LogP contribution is 2.44. The van der Waals surface area contributed by atoms with Crippen molar-refractivity contribution in [2.45, 2.75) is 0 Å². The van der Waals surface area contributed by atoms with E-state index in [0.29, 0.717) is 0 Å². The molecule has 0 saturated carbocycles. The zero-order chi connectivity index (χ0) is 35.6. The van der Waals surface area contributed by atoms with Crippen molar-refractivity contribution < 1.29 is 0 Å². The van der Waals surface area contributed by atoms with Crippen LogP contribution in [0.1, 0.15) is 0 Å². The Balaban J connectivity index is 1.16. The zero-order valence-electron chi connectivity index (χ0n) is 29.4. The van der Waals surface area contributed by atoms with Crippen molar-refractivity contribution >= 4 is 64.9 Å². The first-order chi connectivity index (χ1) is 26.8. The predicted molar refractivity (Wildman–Crippen MR) is 229 cm³/mol. The Kier molecular flexibility index (Phi) is 6.90. The van der Waals surface area contributed by atoms with Crippen LogP contribution in [0.3, 0.4) is 0 Å². The molecule has 0 saturated heterocycles. The summed E-state index contributed by atoms with van der Waals surface area (Å²) < 4.78 is 0. The molecule has 250 valence electrons. The van der Waals surface area contributed by atoms with Gasteiger partial charge in [-0.1, -0.05) is 146 Å². The highest BCUT2D eigenvalue weighted by atomic mass is 14.7. The molecule has 0 aliphatic rings. The van der Waals surface area contributed by atoms with Gasteiger partial charge in [0.25, 0.3) is 0 Å². The number of aromatic nitrogens is 2. The standard InChI is InChI=1S/C52H32N2/c1-3-11-37-29-39(25-19-33(37)9-1)42-14-5-16-44-48(42)32-49-43(40-26-20-34-10-2-4-12-38(34)30-40)15-6-17-45(49)50(44)36-23-21-35(22-24-36)47-31-41-13-7-27-53-51(41)52-46(47)18-8-28-54-52/h1-32H. The van der Waals surface area contributed by atoms with Gasteiger partial charge in [-0.15, -0.1) is 0 Å². The lowest BCUT2D eigenvalue weighted by Crippen LogP contribution is -1.91. The number of rotatable bonds is 4. The second kappa shape index (κ2) is 12.2. The van der Waals surface area contributed by atoms with Crippen molar-refractivity contribution in [3.63, 3.8) is 0 Å². The molecule has 0 atom stereocenters. The summed E-state index contributed by atoms with van der Waals surface area (Å²) in [6.45, 7) is 0. The monoisotopic (exact) mass is 684 g/mol. The molecule has 0 fully saturated rings. The van der Waals surface area contributed by atoms with E-state index >= 15 is 0 Å². The van der Waals surface area contributed by atoms with Gasteiger partial charge in [0.05, 0.1) is 11.0 Å². The maximum absolute atomic E-state index is 4.77. The molecule has 0 aliphatic heterocycles. The van der Waals surface area contributed by atoms with Gasteiger partial charge in [-0.05, 0) is 124 Å². The van der Waals surface area contributed by atoms with Crippen molar-refractivity contribution in [1.29, 1.82) is 0 Å². The normalized spacial score (nSPS) is 11.7. The highest BCUT2D eigenvalue weighted by molar-refractivity contribution is 6.19. The lowest BCUT2D eigenvalue weighted by atomic mass is 9.85. The molecule has 11 rings (SSSR count). The summed E-state index contributed by atoms with van der Waals surface area (Å²) in [5.41, 5.74) is 11.5. The summed E-state index contributed by atoms with van der Waals surface area (Å²) in [6.07, 6.45) is 3.70. The molecule has 2 nitrogen and oxygen atoms in total. The Morgan fingerprint density at radius 3 is 1.39 bits per heavy atom. The summed E-state index contributed by atoms with van der Waals surface area (Å²) in [4.78, 5) is 9.45. The molecule has 2 heterocycles. The van der Waals surface area contributed by atoms with E-state index in [1.54, 1.807) is 0 Å². The van der Waals surface area contributed by atoms with E-state index in [0.717, 1.165) is 32.9 Å². The van der Waals surface area contributed by atoms with Gasteiger partial charge in [0.2, 0.25) is 0 Å². The van der Waals surface area contributed by atoms with Crippen molar-refractivity contribution in [1.82, 2.24) is 9.97 Å². The van der Waals surface area contributed by atoms with Crippen LogP contribution in [0.4, 0.5) is 0 Å². The molecule has 2 heteroatoms. The highest BCUT2D eigenvalue weighted by Gasteiger charge is 2.17. The molecule has 0 bridgehead atoms. The van der Waals surface area contributed by atoms with Crippen LogP contribution in [-0.2, 0) is 0 Å². The fraction of sp³-hybridized carbons (Fsp3) is 0. The first kappa shape index (κ1) is 30.5. The fourth-order valence-electron chi connectivity index (χ4n) is 8.53. The van der Waals surface area contributed by atoms with Gasteiger partial charge in [-0.25, -0.2) is 0 Å². The SMILES string of the molecule is c1ccc2cc(-c3cccc4c(-c5ccc(-c6cc7cccnc7c7ncccc67)cc5)c5cccc(-c6ccc7ccccc7c6)c5cc34)ccc2c1. The maximum atomic E-state index is 4.77. The quantitative estimate of drug-likeness (QED) is 0.136. The van der Waals surface area contributed by atoms with Crippen LogP contribution in [0, 0.1) is 0 Å². The van der Waals surface area contributed by atoms with Crippen molar-refractivity contribution in [2.75, 3.05) is 0 Å². The van der Waals surface area contributed by atoms with Crippen molar-refractivity contribution in [2.24, 2.45) is 0 Å². The molecular formula is C52H32N2. The smallest absolute Gasteiger partial charge is 0.0970 e. The topological polar surface area (TPSA) is 25.8 Å². The molecular weight excluding hydrogens is 653 g/mol. The molecule has 54 heavy (non-hydrogen) atoms. The summed E-state index contributed by atoms with van der Waals surface area (Å²) in [6, 6.07) is 66.6. The first-order valence-corrected chi connectivity index (χ1v) is 18.5. The molecule has 0 N–H and O–H groups in total. The zero-order valence-corrected chi connectivity index (χ0v) is 29.4. The van der Waals surface area contributed by atoms with E-state index in [9.17, 15) is 0 Å². The predicted octanol–water partition coefficient (Wildman–Crippen LogP) is 14.1. The second-order valence-corrected chi connectivity index (χ2v) is 14.2. The minimum absolute atomic E-state index is 0.928. The van der Waals surface area contributed by atoms with E-state index in [2.05, 4.69) is 175 Å². The van der Waals surface area contributed by atoms with Gasteiger partial charge in [-0.2, -0.15) is 0 Å². The molecule has 9 aromatic carbocycles. The first-order valence-electron chi connectivity index (χ1n) is 18.5. The summed E-state index contributed by atoms with van der Waals surface area (Å²) >= 11 is 0. The Morgan fingerprint density at radius 2 is 0.759 bits per heavy atom. The lowest BCUT2D eigenvalue weighted by molar-refractivity contribution is 1.37.